The zero-order valence-electron chi connectivity index (χ0n) is 16.5. The van der Waals surface area contributed by atoms with Crippen LogP contribution in [0, 0.1) is 5.82 Å². The number of aromatic nitrogens is 3. The highest BCUT2D eigenvalue weighted by Crippen LogP contribution is 2.41. The molecule has 0 aliphatic heterocycles. The van der Waals surface area contributed by atoms with Crippen LogP contribution in [-0.4, -0.2) is 46.4 Å². The molecule has 150 valence electrons. The first kappa shape index (κ1) is 19.3. The molecular formula is C22H24FN5O. The number of carbonyl (C=O) groups excluding carboxylic acids is 1. The maximum Gasteiger partial charge on any atom is 0.273 e. The van der Waals surface area contributed by atoms with Crippen LogP contribution in [0.5, 0.6) is 0 Å². The van der Waals surface area contributed by atoms with Crippen molar-refractivity contribution in [3.8, 4) is 5.69 Å². The van der Waals surface area contributed by atoms with Crippen molar-refractivity contribution in [2.45, 2.75) is 24.8 Å². The Kier molecular flexibility index (Phi) is 5.40. The van der Waals surface area contributed by atoms with Crippen molar-refractivity contribution in [3.63, 3.8) is 0 Å². The van der Waals surface area contributed by atoms with E-state index >= 15 is 0 Å². The molecule has 0 radical (unpaired) electrons. The van der Waals surface area contributed by atoms with Crippen LogP contribution in [0.4, 0.5) is 4.39 Å². The van der Waals surface area contributed by atoms with Crippen LogP contribution >= 0.6 is 0 Å². The zero-order valence-corrected chi connectivity index (χ0v) is 16.5. The minimum absolute atomic E-state index is 0.0758. The van der Waals surface area contributed by atoms with E-state index in [9.17, 15) is 9.18 Å². The summed E-state index contributed by atoms with van der Waals surface area (Å²) in [5.74, 6) is -0.197. The van der Waals surface area contributed by atoms with Crippen LogP contribution in [0.3, 0.4) is 0 Å². The normalized spacial score (nSPS) is 14.8. The van der Waals surface area contributed by atoms with Crippen LogP contribution in [0.25, 0.3) is 5.69 Å². The van der Waals surface area contributed by atoms with E-state index in [0.29, 0.717) is 18.2 Å². The molecule has 1 aliphatic carbocycles. The fraction of sp³-hybridized carbons (Fsp3) is 0.318. The summed E-state index contributed by atoms with van der Waals surface area (Å²) in [5.41, 5.74) is 3.09. The third kappa shape index (κ3) is 4.19. The second-order valence-corrected chi connectivity index (χ2v) is 7.59. The maximum atomic E-state index is 13.3. The van der Waals surface area contributed by atoms with E-state index in [2.05, 4.69) is 15.6 Å². The fourth-order valence-electron chi connectivity index (χ4n) is 3.49. The van der Waals surface area contributed by atoms with E-state index in [4.69, 9.17) is 0 Å². The number of amides is 1. The minimum Gasteiger partial charge on any atom is -0.349 e. The first-order chi connectivity index (χ1) is 14.0. The maximum absolute atomic E-state index is 13.3. The molecule has 1 saturated carbocycles. The molecule has 1 heterocycles. The van der Waals surface area contributed by atoms with E-state index in [1.165, 1.54) is 12.1 Å². The van der Waals surface area contributed by atoms with Gasteiger partial charge in [0.05, 0.1) is 17.4 Å². The van der Waals surface area contributed by atoms with Crippen LogP contribution in [-0.2, 0) is 0 Å². The SMILES string of the molecule is CN(C)C(CNC(=O)c1nnn(-c2ccccc2)c1C1CC1)c1ccc(F)cc1. The molecule has 0 bridgehead atoms. The standard InChI is InChI=1S/C22H24FN5O/c1-27(2)19(15-10-12-17(23)13-11-15)14-24-22(29)20-21(16-8-9-16)28(26-25-20)18-6-4-3-5-7-18/h3-7,10-13,16,19H,8-9,14H2,1-2H3,(H,24,29). The predicted octanol–water partition coefficient (Wildman–Crippen LogP) is 3.32. The summed E-state index contributed by atoms with van der Waals surface area (Å²) >= 11 is 0. The van der Waals surface area contributed by atoms with Crippen molar-refractivity contribution >= 4 is 5.91 Å². The number of carbonyl (C=O) groups is 1. The second kappa shape index (κ2) is 8.13. The third-order valence-corrected chi connectivity index (χ3v) is 5.22. The average molecular weight is 393 g/mol. The molecule has 29 heavy (non-hydrogen) atoms. The molecule has 1 aliphatic rings. The topological polar surface area (TPSA) is 63.1 Å². The summed E-state index contributed by atoms with van der Waals surface area (Å²) in [7, 11) is 3.86. The molecule has 0 spiro atoms. The van der Waals surface area contributed by atoms with Gasteiger partial charge in [-0.25, -0.2) is 9.07 Å². The Bertz CT molecular complexity index is 980. The number of hydrogen-bond donors (Lipinski definition) is 1. The highest BCUT2D eigenvalue weighted by molar-refractivity contribution is 5.93. The van der Waals surface area contributed by atoms with Gasteiger partial charge in [-0.1, -0.05) is 35.5 Å². The molecule has 2 aromatic carbocycles. The number of para-hydroxylation sites is 1. The zero-order chi connectivity index (χ0) is 20.4. The van der Waals surface area contributed by atoms with Gasteiger partial charge in [-0.3, -0.25) is 4.79 Å². The lowest BCUT2D eigenvalue weighted by Crippen LogP contribution is -2.35. The molecule has 4 rings (SSSR count). The summed E-state index contributed by atoms with van der Waals surface area (Å²) in [4.78, 5) is 14.9. The van der Waals surface area contributed by atoms with Crippen LogP contribution in [0.1, 0.15) is 46.5 Å². The predicted molar refractivity (Wildman–Crippen MR) is 108 cm³/mol. The van der Waals surface area contributed by atoms with Crippen molar-refractivity contribution in [2.24, 2.45) is 0 Å². The number of likely N-dealkylation sites (N-methyl/N-ethyl adjacent to an activating group) is 1. The smallest absolute Gasteiger partial charge is 0.273 e. The number of halogens is 1. The van der Waals surface area contributed by atoms with Gasteiger partial charge in [0.15, 0.2) is 5.69 Å². The second-order valence-electron chi connectivity index (χ2n) is 7.59. The van der Waals surface area contributed by atoms with Gasteiger partial charge in [0.2, 0.25) is 0 Å². The molecule has 1 fully saturated rings. The van der Waals surface area contributed by atoms with E-state index in [1.54, 1.807) is 16.8 Å². The molecule has 6 nitrogen and oxygen atoms in total. The molecule has 1 amide bonds. The van der Waals surface area contributed by atoms with Gasteiger partial charge in [-0.15, -0.1) is 5.10 Å². The summed E-state index contributed by atoms with van der Waals surface area (Å²) in [6.45, 7) is 0.389. The quantitative estimate of drug-likeness (QED) is 0.669. The Morgan fingerprint density at radius 3 is 2.48 bits per heavy atom. The Labute approximate surface area is 169 Å². The molecule has 7 heteroatoms. The van der Waals surface area contributed by atoms with Crippen LogP contribution in [0.2, 0.25) is 0 Å². The number of rotatable bonds is 7. The first-order valence-corrected chi connectivity index (χ1v) is 9.75. The van der Waals surface area contributed by atoms with E-state index in [-0.39, 0.29) is 17.8 Å². The lowest BCUT2D eigenvalue weighted by Gasteiger charge is -2.25. The number of nitrogens with zero attached hydrogens (tertiary/aromatic N) is 4. The highest BCUT2D eigenvalue weighted by atomic mass is 19.1. The molecule has 3 aromatic rings. The number of benzene rings is 2. The van der Waals surface area contributed by atoms with Gasteiger partial charge in [0.1, 0.15) is 5.82 Å². The number of hydrogen-bond acceptors (Lipinski definition) is 4. The van der Waals surface area contributed by atoms with Gasteiger partial charge in [0, 0.05) is 12.5 Å². The van der Waals surface area contributed by atoms with Crippen molar-refractivity contribution < 1.29 is 9.18 Å². The van der Waals surface area contributed by atoms with Crippen molar-refractivity contribution in [3.05, 3.63) is 77.4 Å². The average Bonchev–Trinajstić information content (AvgIpc) is 3.47. The Morgan fingerprint density at radius 1 is 1.17 bits per heavy atom. The van der Waals surface area contributed by atoms with Crippen molar-refractivity contribution in [1.29, 1.82) is 0 Å². The third-order valence-electron chi connectivity index (χ3n) is 5.22. The summed E-state index contributed by atoms with van der Waals surface area (Å²) in [5, 5.41) is 11.4. The highest BCUT2D eigenvalue weighted by Gasteiger charge is 2.34. The van der Waals surface area contributed by atoms with Gasteiger partial charge in [-0.05, 0) is 56.8 Å². The molecular weight excluding hydrogens is 369 g/mol. The Balaban J connectivity index is 1.54. The Morgan fingerprint density at radius 2 is 1.86 bits per heavy atom. The number of nitrogens with one attached hydrogen (secondary N) is 1. The largest absolute Gasteiger partial charge is 0.349 e. The van der Waals surface area contributed by atoms with Crippen LogP contribution in [0.15, 0.2) is 54.6 Å². The summed E-state index contributed by atoms with van der Waals surface area (Å²) < 4.78 is 15.0. The fourth-order valence-corrected chi connectivity index (χ4v) is 3.49. The van der Waals surface area contributed by atoms with Crippen molar-refractivity contribution in [1.82, 2.24) is 25.2 Å². The summed E-state index contributed by atoms with van der Waals surface area (Å²) in [6, 6.07) is 16.0. The lowest BCUT2D eigenvalue weighted by molar-refractivity contribution is 0.0935. The lowest BCUT2D eigenvalue weighted by atomic mass is 10.1. The van der Waals surface area contributed by atoms with Gasteiger partial charge >= 0.3 is 0 Å². The van der Waals surface area contributed by atoms with E-state index < -0.39 is 0 Å². The van der Waals surface area contributed by atoms with E-state index in [0.717, 1.165) is 29.8 Å². The van der Waals surface area contributed by atoms with Gasteiger partial charge in [0.25, 0.3) is 5.91 Å². The van der Waals surface area contributed by atoms with E-state index in [1.807, 2.05) is 49.3 Å². The molecule has 1 unspecified atom stereocenters. The first-order valence-electron chi connectivity index (χ1n) is 9.75. The molecule has 0 saturated heterocycles. The van der Waals surface area contributed by atoms with Gasteiger partial charge in [-0.2, -0.15) is 0 Å². The molecule has 1 atom stereocenters. The van der Waals surface area contributed by atoms with Crippen molar-refractivity contribution in [2.75, 3.05) is 20.6 Å². The minimum atomic E-state index is -0.276. The molecule has 1 N–H and O–H groups in total. The Hall–Kier alpha value is -3.06. The molecule has 1 aromatic heterocycles. The van der Waals surface area contributed by atoms with Gasteiger partial charge < -0.3 is 10.2 Å². The monoisotopic (exact) mass is 393 g/mol. The van der Waals surface area contributed by atoms with Crippen LogP contribution < -0.4 is 5.32 Å². The summed E-state index contributed by atoms with van der Waals surface area (Å²) in [6.07, 6.45) is 2.08.